The normalized spacial score (nSPS) is 14.8. The van der Waals surface area contributed by atoms with Gasteiger partial charge in [-0.3, -0.25) is 10.2 Å². The molecule has 1 amide bonds. The van der Waals surface area contributed by atoms with Crippen molar-refractivity contribution in [1.29, 1.82) is 0 Å². The Morgan fingerprint density at radius 3 is 2.41 bits per heavy atom. The second-order valence-electron chi connectivity index (χ2n) is 4.30. The molecule has 1 aromatic carbocycles. The predicted molar refractivity (Wildman–Crippen MR) is 67.8 cm³/mol. The molecule has 4 heteroatoms. The molecule has 17 heavy (non-hydrogen) atoms. The van der Waals surface area contributed by atoms with Crippen LogP contribution in [0.3, 0.4) is 0 Å². The average molecular weight is 240 g/mol. The highest BCUT2D eigenvalue weighted by atomic mass is 19.1. The van der Waals surface area contributed by atoms with E-state index in [2.05, 4.69) is 19.7 Å². The van der Waals surface area contributed by atoms with Gasteiger partial charge in [0.25, 0.3) is 0 Å². The quantitative estimate of drug-likeness (QED) is 0.361. The summed E-state index contributed by atoms with van der Waals surface area (Å²) < 4.78 is 12.9. The topological polar surface area (TPSA) is 55.1 Å². The smallest absolute Gasteiger partial charge is 0.221 e. The van der Waals surface area contributed by atoms with E-state index in [-0.39, 0.29) is 18.7 Å². The van der Waals surface area contributed by atoms with Crippen LogP contribution in [0.1, 0.15) is 38.3 Å². The lowest BCUT2D eigenvalue weighted by atomic mass is 9.94. The minimum absolute atomic E-state index is 0. The number of benzene rings is 1. The van der Waals surface area contributed by atoms with Gasteiger partial charge in [0, 0.05) is 0 Å². The molecule has 3 nitrogen and oxygen atoms in total. The minimum Gasteiger partial charge on any atom is -0.297 e. The molecule has 0 radical (unpaired) electrons. The van der Waals surface area contributed by atoms with Gasteiger partial charge < -0.3 is 0 Å². The van der Waals surface area contributed by atoms with Gasteiger partial charge in [0.1, 0.15) is 5.82 Å². The summed E-state index contributed by atoms with van der Waals surface area (Å²) in [7, 11) is 0. The summed E-state index contributed by atoms with van der Waals surface area (Å²) in [5, 5.41) is 0. The molecule has 0 saturated heterocycles. The van der Waals surface area contributed by atoms with Crippen LogP contribution in [0.5, 0.6) is 0 Å². The number of hydrazine groups is 1. The van der Waals surface area contributed by atoms with E-state index in [0.29, 0.717) is 6.41 Å². The van der Waals surface area contributed by atoms with Crippen molar-refractivity contribution in [3.05, 3.63) is 35.1 Å². The van der Waals surface area contributed by atoms with Gasteiger partial charge >= 0.3 is 0 Å². The van der Waals surface area contributed by atoms with E-state index < -0.39 is 0 Å². The van der Waals surface area contributed by atoms with Crippen LogP contribution in [0.15, 0.2) is 18.2 Å². The SMILES string of the molecule is C.Cc1ccc(F)cc1C1(C)CC1.NNC=O. The number of aryl methyl sites for hydroxylation is 1. The van der Waals surface area contributed by atoms with Crippen LogP contribution >= 0.6 is 0 Å². The van der Waals surface area contributed by atoms with Crippen LogP contribution in [0, 0.1) is 12.7 Å². The van der Waals surface area contributed by atoms with Gasteiger partial charge in [0.15, 0.2) is 0 Å². The average Bonchev–Trinajstić information content (AvgIpc) is 3.01. The predicted octanol–water partition coefficient (Wildman–Crippen LogP) is 2.43. The fourth-order valence-electron chi connectivity index (χ4n) is 1.70. The lowest BCUT2D eigenvalue weighted by molar-refractivity contribution is -0.109. The summed E-state index contributed by atoms with van der Waals surface area (Å²) in [4.78, 5) is 8.94. The first-order valence-electron chi connectivity index (χ1n) is 5.20. The number of rotatable bonds is 2. The van der Waals surface area contributed by atoms with E-state index >= 15 is 0 Å². The van der Waals surface area contributed by atoms with Gasteiger partial charge in [-0.1, -0.05) is 20.4 Å². The van der Waals surface area contributed by atoms with Crippen LogP contribution in [0.4, 0.5) is 4.39 Å². The monoisotopic (exact) mass is 240 g/mol. The Morgan fingerprint density at radius 2 is 2.00 bits per heavy atom. The number of hydrogen-bond acceptors (Lipinski definition) is 2. The Balaban J connectivity index is 0.000000453. The van der Waals surface area contributed by atoms with E-state index in [1.807, 2.05) is 6.07 Å². The lowest BCUT2D eigenvalue weighted by Gasteiger charge is -2.11. The number of amides is 1. The van der Waals surface area contributed by atoms with E-state index in [1.165, 1.54) is 30.0 Å². The Morgan fingerprint density at radius 1 is 1.47 bits per heavy atom. The molecular weight excluding hydrogens is 219 g/mol. The minimum atomic E-state index is -0.108. The van der Waals surface area contributed by atoms with Crippen LogP contribution in [-0.4, -0.2) is 6.41 Å². The number of carbonyl (C=O) groups excluding carboxylic acids is 1. The molecule has 1 aliphatic rings. The van der Waals surface area contributed by atoms with Crippen molar-refractivity contribution < 1.29 is 9.18 Å². The van der Waals surface area contributed by atoms with Gasteiger partial charge in [0.05, 0.1) is 0 Å². The van der Waals surface area contributed by atoms with Crippen molar-refractivity contribution in [2.75, 3.05) is 0 Å². The van der Waals surface area contributed by atoms with Crippen molar-refractivity contribution in [1.82, 2.24) is 5.43 Å². The highest BCUT2D eigenvalue weighted by molar-refractivity contribution is 5.44. The number of carbonyl (C=O) groups is 1. The van der Waals surface area contributed by atoms with Crippen LogP contribution in [0.2, 0.25) is 0 Å². The first-order chi connectivity index (χ1) is 7.53. The van der Waals surface area contributed by atoms with Crippen molar-refractivity contribution in [2.24, 2.45) is 5.84 Å². The second kappa shape index (κ2) is 6.35. The van der Waals surface area contributed by atoms with Gasteiger partial charge in [-0.25, -0.2) is 10.2 Å². The fraction of sp³-hybridized carbons (Fsp3) is 0.462. The van der Waals surface area contributed by atoms with Crippen molar-refractivity contribution in [2.45, 2.75) is 39.5 Å². The maximum absolute atomic E-state index is 12.9. The zero-order valence-corrected chi connectivity index (χ0v) is 9.59. The summed E-state index contributed by atoms with van der Waals surface area (Å²) in [5.41, 5.74) is 4.45. The summed E-state index contributed by atoms with van der Waals surface area (Å²) in [5.74, 6) is 4.30. The molecule has 96 valence electrons. The third-order valence-corrected chi connectivity index (χ3v) is 2.92. The largest absolute Gasteiger partial charge is 0.297 e. The molecule has 0 spiro atoms. The molecule has 0 atom stereocenters. The van der Waals surface area contributed by atoms with E-state index in [4.69, 9.17) is 4.79 Å². The first-order valence-corrected chi connectivity index (χ1v) is 5.20. The molecule has 1 aliphatic carbocycles. The van der Waals surface area contributed by atoms with Gasteiger partial charge in [-0.2, -0.15) is 0 Å². The second-order valence-corrected chi connectivity index (χ2v) is 4.30. The zero-order valence-electron chi connectivity index (χ0n) is 9.59. The van der Waals surface area contributed by atoms with Gasteiger partial charge in [0.2, 0.25) is 6.41 Å². The van der Waals surface area contributed by atoms with Crippen LogP contribution in [0.25, 0.3) is 0 Å². The molecule has 1 saturated carbocycles. The van der Waals surface area contributed by atoms with Gasteiger partial charge in [-0.05, 0) is 48.4 Å². The van der Waals surface area contributed by atoms with E-state index in [9.17, 15) is 4.39 Å². The molecule has 0 heterocycles. The zero-order chi connectivity index (χ0) is 12.2. The number of halogens is 1. The van der Waals surface area contributed by atoms with Crippen LogP contribution in [-0.2, 0) is 10.2 Å². The van der Waals surface area contributed by atoms with Crippen LogP contribution < -0.4 is 11.3 Å². The Kier molecular flexibility index (Phi) is 5.82. The molecule has 2 rings (SSSR count). The highest BCUT2D eigenvalue weighted by Gasteiger charge is 2.40. The molecule has 0 bridgehead atoms. The Bertz CT molecular complexity index is 376. The van der Waals surface area contributed by atoms with E-state index in [0.717, 1.165) is 0 Å². The maximum Gasteiger partial charge on any atom is 0.221 e. The number of nitrogens with two attached hydrogens (primary N) is 1. The molecule has 0 aromatic heterocycles. The summed E-state index contributed by atoms with van der Waals surface area (Å²) in [6, 6.07) is 5.08. The van der Waals surface area contributed by atoms with E-state index in [1.54, 1.807) is 11.5 Å². The van der Waals surface area contributed by atoms with Crippen molar-refractivity contribution >= 4 is 6.41 Å². The molecule has 0 unspecified atom stereocenters. The lowest BCUT2D eigenvalue weighted by Crippen LogP contribution is -2.18. The molecule has 1 aromatic rings. The molecule has 3 N–H and O–H groups in total. The van der Waals surface area contributed by atoms with Crippen molar-refractivity contribution in [3.8, 4) is 0 Å². The summed E-state index contributed by atoms with van der Waals surface area (Å²) >= 11 is 0. The molecule has 1 fully saturated rings. The highest BCUT2D eigenvalue weighted by Crippen LogP contribution is 2.48. The first kappa shape index (κ1) is 15.6. The summed E-state index contributed by atoms with van der Waals surface area (Å²) in [6.07, 6.45) is 2.81. The third-order valence-electron chi connectivity index (χ3n) is 2.92. The molecule has 0 aliphatic heterocycles. The Labute approximate surface area is 102 Å². The number of hydrogen-bond donors (Lipinski definition) is 2. The molecular formula is C13H21FN2O. The Hall–Kier alpha value is -1.42. The summed E-state index contributed by atoms with van der Waals surface area (Å²) in [6.45, 7) is 4.26. The van der Waals surface area contributed by atoms with Gasteiger partial charge in [-0.15, -0.1) is 0 Å². The van der Waals surface area contributed by atoms with Crippen molar-refractivity contribution in [3.63, 3.8) is 0 Å². The maximum atomic E-state index is 12.9. The standard InChI is InChI=1S/C11H13F.CH4N2O.CH4/c1-8-3-4-9(12)7-10(8)11(2)5-6-11;2-3-1-4;/h3-4,7H,5-6H2,1-2H3;1H,2H2,(H,3,4);1H4. The number of nitrogens with one attached hydrogen (secondary N) is 1. The fourth-order valence-corrected chi connectivity index (χ4v) is 1.70. The third kappa shape index (κ3) is 4.15.